The van der Waals surface area contributed by atoms with E-state index in [1.54, 1.807) is 11.3 Å². The lowest BCUT2D eigenvalue weighted by Gasteiger charge is -2.40. The number of piperidine rings is 1. The van der Waals surface area contributed by atoms with E-state index < -0.39 is 0 Å². The zero-order chi connectivity index (χ0) is 16.4. The maximum Gasteiger partial charge on any atom is 0.0897 e. The van der Waals surface area contributed by atoms with Crippen LogP contribution in [0.1, 0.15) is 34.3 Å². The second-order valence-corrected chi connectivity index (χ2v) is 8.14. The highest BCUT2D eigenvalue weighted by molar-refractivity contribution is 7.11. The molecule has 3 heterocycles. The van der Waals surface area contributed by atoms with Crippen LogP contribution in [-0.4, -0.2) is 51.7 Å². The van der Waals surface area contributed by atoms with Crippen molar-refractivity contribution in [2.24, 2.45) is 13.0 Å². The molecular weight excluding hydrogens is 306 g/mol. The summed E-state index contributed by atoms with van der Waals surface area (Å²) in [5.74, 6) is 0.650. The normalized spacial score (nSPS) is 22.8. The molecule has 0 radical (unpaired) electrons. The van der Waals surface area contributed by atoms with Crippen molar-refractivity contribution in [2.75, 3.05) is 27.2 Å². The van der Waals surface area contributed by atoms with E-state index in [1.807, 2.05) is 24.1 Å². The van der Waals surface area contributed by atoms with Gasteiger partial charge in [-0.15, -0.1) is 11.3 Å². The molecule has 1 aliphatic heterocycles. The van der Waals surface area contributed by atoms with E-state index >= 15 is 0 Å². The van der Waals surface area contributed by atoms with Crippen LogP contribution in [0, 0.1) is 12.8 Å². The van der Waals surface area contributed by atoms with Gasteiger partial charge in [0, 0.05) is 49.0 Å². The molecule has 0 amide bonds. The van der Waals surface area contributed by atoms with Gasteiger partial charge in [0.05, 0.1) is 11.2 Å². The van der Waals surface area contributed by atoms with Gasteiger partial charge in [0.1, 0.15) is 0 Å². The van der Waals surface area contributed by atoms with E-state index in [-0.39, 0.29) is 0 Å². The molecular formula is C17H27N5S. The van der Waals surface area contributed by atoms with Gasteiger partial charge in [0.2, 0.25) is 0 Å². The van der Waals surface area contributed by atoms with Crippen molar-refractivity contribution in [1.29, 1.82) is 0 Å². The van der Waals surface area contributed by atoms with Crippen LogP contribution in [0.3, 0.4) is 0 Å². The fourth-order valence-electron chi connectivity index (χ4n) is 3.78. The molecule has 6 heteroatoms. The van der Waals surface area contributed by atoms with Crippen molar-refractivity contribution in [3.8, 4) is 0 Å². The molecule has 2 aromatic heterocycles. The Kier molecular flexibility index (Phi) is 5.14. The molecule has 1 saturated heterocycles. The Bertz CT molecular complexity index is 634. The summed E-state index contributed by atoms with van der Waals surface area (Å²) < 4.78 is 1.92. The Morgan fingerprint density at radius 2 is 2.17 bits per heavy atom. The largest absolute Gasteiger partial charge is 0.301 e. The summed E-state index contributed by atoms with van der Waals surface area (Å²) in [6, 6.07) is 0.475. The number of hydrogen-bond acceptors (Lipinski definition) is 5. The van der Waals surface area contributed by atoms with Crippen molar-refractivity contribution < 1.29 is 0 Å². The van der Waals surface area contributed by atoms with Crippen LogP contribution in [0.5, 0.6) is 0 Å². The van der Waals surface area contributed by atoms with Crippen molar-refractivity contribution in [3.05, 3.63) is 34.0 Å². The van der Waals surface area contributed by atoms with Gasteiger partial charge in [-0.2, -0.15) is 5.10 Å². The number of rotatable bonds is 5. The minimum atomic E-state index is 0.475. The summed E-state index contributed by atoms with van der Waals surface area (Å²) in [6.45, 7) is 5.35. The molecule has 1 fully saturated rings. The topological polar surface area (TPSA) is 37.2 Å². The van der Waals surface area contributed by atoms with E-state index in [4.69, 9.17) is 0 Å². The first-order valence-electron chi connectivity index (χ1n) is 8.31. The van der Waals surface area contributed by atoms with Gasteiger partial charge in [-0.05, 0) is 46.3 Å². The van der Waals surface area contributed by atoms with Gasteiger partial charge in [0.25, 0.3) is 0 Å². The van der Waals surface area contributed by atoms with E-state index in [2.05, 4.69) is 47.1 Å². The molecule has 126 valence electrons. The Morgan fingerprint density at radius 1 is 1.35 bits per heavy atom. The number of aryl methyl sites for hydroxylation is 2. The molecule has 2 aromatic rings. The zero-order valence-corrected chi connectivity index (χ0v) is 15.4. The third kappa shape index (κ3) is 4.00. The van der Waals surface area contributed by atoms with Crippen molar-refractivity contribution >= 4 is 11.3 Å². The molecule has 0 bridgehead atoms. The summed E-state index contributed by atoms with van der Waals surface area (Å²) in [5, 5.41) is 5.53. The van der Waals surface area contributed by atoms with Crippen molar-refractivity contribution in [2.45, 2.75) is 32.4 Å². The zero-order valence-electron chi connectivity index (χ0n) is 14.6. The van der Waals surface area contributed by atoms with Crippen molar-refractivity contribution in [3.63, 3.8) is 0 Å². The predicted molar refractivity (Wildman–Crippen MR) is 94.5 cm³/mol. The number of hydrogen-bond donors (Lipinski definition) is 0. The fraction of sp³-hybridized carbons (Fsp3) is 0.647. The van der Waals surface area contributed by atoms with Gasteiger partial charge in [-0.25, -0.2) is 4.98 Å². The highest BCUT2D eigenvalue weighted by Gasteiger charge is 2.32. The van der Waals surface area contributed by atoms with Crippen LogP contribution < -0.4 is 0 Å². The lowest BCUT2D eigenvalue weighted by atomic mass is 9.86. The molecule has 0 spiro atoms. The smallest absolute Gasteiger partial charge is 0.0897 e. The molecule has 23 heavy (non-hydrogen) atoms. The SMILES string of the molecule is Cc1ncc(CN(C)C[C@@H]2CCCN(C)[C@H]2c2cnn(C)c2)s1. The van der Waals surface area contributed by atoms with Gasteiger partial charge >= 0.3 is 0 Å². The quantitative estimate of drug-likeness (QED) is 0.843. The minimum absolute atomic E-state index is 0.475. The number of aromatic nitrogens is 3. The molecule has 0 aliphatic carbocycles. The average molecular weight is 334 g/mol. The molecule has 0 unspecified atom stereocenters. The van der Waals surface area contributed by atoms with E-state index in [0.29, 0.717) is 12.0 Å². The first kappa shape index (κ1) is 16.6. The van der Waals surface area contributed by atoms with E-state index in [1.165, 1.54) is 29.8 Å². The average Bonchev–Trinajstić information content (AvgIpc) is 3.08. The molecule has 0 aromatic carbocycles. The lowest BCUT2D eigenvalue weighted by molar-refractivity contribution is 0.0928. The molecule has 0 saturated carbocycles. The highest BCUT2D eigenvalue weighted by atomic mass is 32.1. The van der Waals surface area contributed by atoms with E-state index in [9.17, 15) is 0 Å². The maximum absolute atomic E-state index is 4.38. The first-order valence-corrected chi connectivity index (χ1v) is 9.13. The summed E-state index contributed by atoms with van der Waals surface area (Å²) in [6.07, 6.45) is 8.79. The third-order valence-corrected chi connectivity index (χ3v) is 5.61. The van der Waals surface area contributed by atoms with Crippen LogP contribution in [0.4, 0.5) is 0 Å². The Morgan fingerprint density at radius 3 is 2.83 bits per heavy atom. The fourth-order valence-corrected chi connectivity index (χ4v) is 4.65. The van der Waals surface area contributed by atoms with Gasteiger partial charge in [0.15, 0.2) is 0 Å². The number of likely N-dealkylation sites (tertiary alicyclic amines) is 1. The Hall–Kier alpha value is -1.24. The summed E-state index contributed by atoms with van der Waals surface area (Å²) in [7, 11) is 6.47. The van der Waals surface area contributed by atoms with Crippen LogP contribution in [0.15, 0.2) is 18.6 Å². The summed E-state index contributed by atoms with van der Waals surface area (Å²) >= 11 is 1.80. The Labute approximate surface area is 142 Å². The lowest BCUT2D eigenvalue weighted by Crippen LogP contribution is -2.40. The van der Waals surface area contributed by atoms with Crippen LogP contribution >= 0.6 is 11.3 Å². The monoisotopic (exact) mass is 333 g/mol. The van der Waals surface area contributed by atoms with Gasteiger partial charge in [-0.1, -0.05) is 0 Å². The highest BCUT2D eigenvalue weighted by Crippen LogP contribution is 2.35. The molecule has 0 N–H and O–H groups in total. The van der Waals surface area contributed by atoms with Gasteiger partial charge in [-0.3, -0.25) is 9.58 Å². The van der Waals surface area contributed by atoms with Crippen molar-refractivity contribution in [1.82, 2.24) is 24.6 Å². The summed E-state index contributed by atoms with van der Waals surface area (Å²) in [5.41, 5.74) is 1.35. The van der Waals surface area contributed by atoms with E-state index in [0.717, 1.165) is 18.1 Å². The minimum Gasteiger partial charge on any atom is -0.301 e. The van der Waals surface area contributed by atoms with Crippen LogP contribution in [-0.2, 0) is 13.6 Å². The number of thiazole rings is 1. The molecule has 5 nitrogen and oxygen atoms in total. The van der Waals surface area contributed by atoms with Crippen LogP contribution in [0.25, 0.3) is 0 Å². The van der Waals surface area contributed by atoms with Gasteiger partial charge < -0.3 is 4.90 Å². The Balaban J connectivity index is 1.68. The third-order valence-electron chi connectivity index (χ3n) is 4.71. The maximum atomic E-state index is 4.38. The predicted octanol–water partition coefficient (Wildman–Crippen LogP) is 2.70. The second kappa shape index (κ2) is 7.11. The first-order chi connectivity index (χ1) is 11.0. The second-order valence-electron chi connectivity index (χ2n) is 6.82. The molecule has 1 aliphatic rings. The standard InChI is InChI=1S/C17H27N5S/c1-13-18-9-16(23-13)12-20(2)10-14-6-5-7-21(3)17(14)15-8-19-22(4)11-15/h8-9,11,14,17H,5-7,10,12H2,1-4H3/t14-,17+/m0/s1. The van der Waals surface area contributed by atoms with Crippen LogP contribution in [0.2, 0.25) is 0 Å². The molecule has 2 atom stereocenters. The number of nitrogens with zero attached hydrogens (tertiary/aromatic N) is 5. The molecule has 3 rings (SSSR count). The summed E-state index contributed by atoms with van der Waals surface area (Å²) in [4.78, 5) is 10.7.